The van der Waals surface area contributed by atoms with Crippen LogP contribution in [0.5, 0.6) is 0 Å². The molecule has 0 radical (unpaired) electrons. The van der Waals surface area contributed by atoms with Crippen LogP contribution in [0.4, 0.5) is 0 Å². The average molecular weight is 372 g/mol. The fourth-order valence-electron chi connectivity index (χ4n) is 3.33. The number of unbranched alkanes of at least 4 members (excludes halogenated alkanes) is 8. The van der Waals surface area contributed by atoms with Crippen molar-refractivity contribution in [2.45, 2.75) is 76.2 Å². The molecule has 0 saturated carbocycles. The predicted molar refractivity (Wildman–Crippen MR) is 115 cm³/mol. The van der Waals surface area contributed by atoms with Crippen LogP contribution in [0.25, 0.3) is 11.1 Å². The smallest absolute Gasteiger partial charge is 0.251 e. The van der Waals surface area contributed by atoms with E-state index in [9.17, 15) is 4.79 Å². The van der Waals surface area contributed by atoms with E-state index in [0.29, 0.717) is 0 Å². The van der Waals surface area contributed by atoms with Crippen molar-refractivity contribution >= 4 is 11.8 Å². The lowest BCUT2D eigenvalue weighted by molar-refractivity contribution is 0.532. The first-order valence-corrected chi connectivity index (χ1v) is 11.3. The van der Waals surface area contributed by atoms with Crippen molar-refractivity contribution in [1.29, 1.82) is 0 Å². The first-order chi connectivity index (χ1) is 12.8. The molecular formula is C23H33NOS. The van der Waals surface area contributed by atoms with Gasteiger partial charge in [0.25, 0.3) is 5.56 Å². The van der Waals surface area contributed by atoms with Gasteiger partial charge in [0, 0.05) is 29.3 Å². The maximum absolute atomic E-state index is 12.5. The van der Waals surface area contributed by atoms with E-state index in [4.69, 9.17) is 0 Å². The highest BCUT2D eigenvalue weighted by Crippen LogP contribution is 2.28. The lowest BCUT2D eigenvalue weighted by atomic mass is 10.1. The van der Waals surface area contributed by atoms with Gasteiger partial charge in [0.2, 0.25) is 0 Å². The second-order valence-corrected chi connectivity index (χ2v) is 7.83. The zero-order valence-corrected chi connectivity index (χ0v) is 17.2. The molecule has 1 aromatic heterocycles. The van der Waals surface area contributed by atoms with Crippen LogP contribution in [-0.4, -0.2) is 10.8 Å². The van der Waals surface area contributed by atoms with Gasteiger partial charge in [-0.1, -0.05) is 88.6 Å². The van der Waals surface area contributed by atoms with E-state index in [1.54, 1.807) is 17.8 Å². The largest absolute Gasteiger partial charge is 0.314 e. The van der Waals surface area contributed by atoms with Crippen molar-refractivity contribution < 1.29 is 0 Å². The molecule has 0 saturated heterocycles. The number of aryl methyl sites for hydroxylation is 1. The minimum absolute atomic E-state index is 0.112. The van der Waals surface area contributed by atoms with E-state index < -0.39 is 0 Å². The standard InChI is InChI=1S/C23H33NOS/c1-3-4-5-6-7-8-9-10-14-17-24-19-22(26-2)21(18-23(24)25)20-15-12-11-13-16-20/h11-13,15-16,18-19H,3-10,14,17H2,1-2H3. The highest BCUT2D eigenvalue weighted by molar-refractivity contribution is 7.98. The molecule has 0 aliphatic heterocycles. The Bertz CT molecular complexity index is 693. The molecule has 0 atom stereocenters. The number of hydrogen-bond donors (Lipinski definition) is 0. The first-order valence-electron chi connectivity index (χ1n) is 10.1. The summed E-state index contributed by atoms with van der Waals surface area (Å²) >= 11 is 1.71. The molecule has 3 heteroatoms. The van der Waals surface area contributed by atoms with Gasteiger partial charge in [-0.05, 0) is 18.2 Å². The molecule has 0 bridgehead atoms. The fraction of sp³-hybridized carbons (Fsp3) is 0.522. The van der Waals surface area contributed by atoms with Crippen LogP contribution < -0.4 is 5.56 Å². The van der Waals surface area contributed by atoms with Gasteiger partial charge in [-0.15, -0.1) is 11.8 Å². The Morgan fingerprint density at radius 3 is 2.12 bits per heavy atom. The summed E-state index contributed by atoms with van der Waals surface area (Å²) in [5.41, 5.74) is 2.27. The van der Waals surface area contributed by atoms with Crippen molar-refractivity contribution in [3.63, 3.8) is 0 Å². The number of thioether (sulfide) groups is 1. The lowest BCUT2D eigenvalue weighted by Gasteiger charge is -2.12. The molecule has 2 nitrogen and oxygen atoms in total. The molecule has 142 valence electrons. The van der Waals surface area contributed by atoms with E-state index in [-0.39, 0.29) is 5.56 Å². The third-order valence-electron chi connectivity index (χ3n) is 4.90. The molecule has 1 heterocycles. The van der Waals surface area contributed by atoms with Gasteiger partial charge in [-0.2, -0.15) is 0 Å². The summed E-state index contributed by atoms with van der Waals surface area (Å²) < 4.78 is 1.89. The minimum atomic E-state index is 0.112. The van der Waals surface area contributed by atoms with Crippen molar-refractivity contribution in [3.05, 3.63) is 52.9 Å². The van der Waals surface area contributed by atoms with Crippen LogP contribution in [0.15, 0.2) is 52.3 Å². The Hall–Kier alpha value is -1.48. The fourth-order valence-corrected chi connectivity index (χ4v) is 3.96. The summed E-state index contributed by atoms with van der Waals surface area (Å²) in [6.45, 7) is 3.09. The highest BCUT2D eigenvalue weighted by atomic mass is 32.2. The second kappa shape index (κ2) is 12.0. The number of pyridine rings is 1. The number of rotatable bonds is 12. The van der Waals surface area contributed by atoms with Gasteiger partial charge in [-0.3, -0.25) is 4.79 Å². The molecule has 26 heavy (non-hydrogen) atoms. The zero-order valence-electron chi connectivity index (χ0n) is 16.4. The van der Waals surface area contributed by atoms with Crippen molar-refractivity contribution in [3.8, 4) is 11.1 Å². The normalized spacial score (nSPS) is 11.0. The third kappa shape index (κ3) is 6.68. The van der Waals surface area contributed by atoms with Gasteiger partial charge < -0.3 is 4.57 Å². The SMILES string of the molecule is CCCCCCCCCCCn1cc(SC)c(-c2ccccc2)cc1=O. The van der Waals surface area contributed by atoms with Crippen LogP contribution in [0.2, 0.25) is 0 Å². The summed E-state index contributed by atoms with van der Waals surface area (Å²) in [4.78, 5) is 13.7. The Morgan fingerprint density at radius 2 is 1.50 bits per heavy atom. The van der Waals surface area contributed by atoms with Crippen LogP contribution >= 0.6 is 11.8 Å². The number of hydrogen-bond acceptors (Lipinski definition) is 2. The molecule has 2 aromatic rings. The molecule has 1 aromatic carbocycles. The molecule has 0 aliphatic rings. The van der Waals surface area contributed by atoms with Gasteiger partial charge in [0.15, 0.2) is 0 Å². The minimum Gasteiger partial charge on any atom is -0.314 e. The topological polar surface area (TPSA) is 22.0 Å². The third-order valence-corrected chi connectivity index (χ3v) is 5.66. The van der Waals surface area contributed by atoms with Crippen LogP contribution in [-0.2, 0) is 6.54 Å². The summed E-state index contributed by atoms with van der Waals surface area (Å²) in [7, 11) is 0. The Balaban J connectivity index is 1.84. The maximum Gasteiger partial charge on any atom is 0.251 e. The number of benzene rings is 1. The average Bonchev–Trinajstić information content (AvgIpc) is 2.68. The summed E-state index contributed by atoms with van der Waals surface area (Å²) in [5, 5.41) is 0. The van der Waals surface area contributed by atoms with Gasteiger partial charge in [0.1, 0.15) is 0 Å². The Labute approximate surface area is 163 Å². The Morgan fingerprint density at radius 1 is 0.885 bits per heavy atom. The van der Waals surface area contributed by atoms with Gasteiger partial charge in [0.05, 0.1) is 0 Å². The van der Waals surface area contributed by atoms with E-state index in [1.165, 1.54) is 56.3 Å². The molecule has 0 N–H and O–H groups in total. The quantitative estimate of drug-likeness (QED) is 0.303. The number of nitrogens with zero attached hydrogens (tertiary/aromatic N) is 1. The monoisotopic (exact) mass is 371 g/mol. The van der Waals surface area contributed by atoms with Gasteiger partial charge >= 0.3 is 0 Å². The van der Waals surface area contributed by atoms with Crippen molar-refractivity contribution in [2.75, 3.05) is 6.26 Å². The molecular weight excluding hydrogens is 338 g/mol. The number of aromatic nitrogens is 1. The van der Waals surface area contributed by atoms with E-state index in [1.807, 2.05) is 29.0 Å². The summed E-state index contributed by atoms with van der Waals surface area (Å²) in [5.74, 6) is 0. The van der Waals surface area contributed by atoms with E-state index >= 15 is 0 Å². The summed E-state index contributed by atoms with van der Waals surface area (Å²) in [6, 6.07) is 12.0. The first kappa shape index (κ1) is 20.8. The zero-order chi connectivity index (χ0) is 18.6. The second-order valence-electron chi connectivity index (χ2n) is 6.98. The predicted octanol–water partition coefficient (Wildman–Crippen LogP) is 6.77. The van der Waals surface area contributed by atoms with Gasteiger partial charge in [-0.25, -0.2) is 0 Å². The molecule has 0 fully saturated rings. The molecule has 0 unspecified atom stereocenters. The Kier molecular flexibility index (Phi) is 9.62. The maximum atomic E-state index is 12.5. The van der Waals surface area contributed by atoms with Crippen molar-refractivity contribution in [2.24, 2.45) is 0 Å². The lowest BCUT2D eigenvalue weighted by Crippen LogP contribution is -2.19. The van der Waals surface area contributed by atoms with E-state index in [0.717, 1.165) is 24.1 Å². The molecule has 0 spiro atoms. The summed E-state index contributed by atoms with van der Waals surface area (Å²) in [6.07, 6.45) is 15.9. The van der Waals surface area contributed by atoms with Crippen LogP contribution in [0.3, 0.4) is 0 Å². The molecule has 0 amide bonds. The van der Waals surface area contributed by atoms with Crippen molar-refractivity contribution in [1.82, 2.24) is 4.57 Å². The molecule has 0 aliphatic carbocycles. The molecule has 2 rings (SSSR count). The van der Waals surface area contributed by atoms with Crippen LogP contribution in [0.1, 0.15) is 64.7 Å². The van der Waals surface area contributed by atoms with Crippen LogP contribution in [0, 0.1) is 0 Å². The highest BCUT2D eigenvalue weighted by Gasteiger charge is 2.08. The van der Waals surface area contributed by atoms with E-state index in [2.05, 4.69) is 25.3 Å².